The molecule has 2 N–H and O–H groups in total. The van der Waals surface area contributed by atoms with Gasteiger partial charge in [-0.05, 0) is 19.1 Å². The van der Waals surface area contributed by atoms with Crippen molar-refractivity contribution in [3.63, 3.8) is 0 Å². The lowest BCUT2D eigenvalue weighted by atomic mass is 10.1. The van der Waals surface area contributed by atoms with Crippen LogP contribution in [0.25, 0.3) is 0 Å². The fraction of sp³-hybridized carbons (Fsp3) is 0.375. The summed E-state index contributed by atoms with van der Waals surface area (Å²) in [5.74, 6) is -0.222. The number of aromatic amines is 1. The van der Waals surface area contributed by atoms with Gasteiger partial charge in [0, 0.05) is 19.8 Å². The van der Waals surface area contributed by atoms with Crippen molar-refractivity contribution in [3.8, 4) is 0 Å². The van der Waals surface area contributed by atoms with Gasteiger partial charge in [0.2, 0.25) is 0 Å². The molecule has 0 fully saturated rings. The molecule has 0 aromatic carbocycles. The Balaban J connectivity index is 1.56. The number of amides is 1. The molecule has 0 aliphatic carbocycles. The van der Waals surface area contributed by atoms with Crippen molar-refractivity contribution in [2.24, 2.45) is 7.05 Å². The van der Waals surface area contributed by atoms with Gasteiger partial charge in [-0.25, -0.2) is 0 Å². The zero-order valence-electron chi connectivity index (χ0n) is 14.3. The van der Waals surface area contributed by atoms with E-state index in [0.29, 0.717) is 41.7 Å². The molecule has 10 heteroatoms. The van der Waals surface area contributed by atoms with Crippen molar-refractivity contribution in [1.29, 1.82) is 0 Å². The van der Waals surface area contributed by atoms with Crippen LogP contribution in [0.1, 0.15) is 39.4 Å². The molecule has 0 saturated heterocycles. The summed E-state index contributed by atoms with van der Waals surface area (Å²) < 4.78 is 3.43. The lowest BCUT2D eigenvalue weighted by molar-refractivity contribution is 0.0700. The molecule has 136 valence electrons. The van der Waals surface area contributed by atoms with Crippen LogP contribution in [-0.4, -0.2) is 52.2 Å². The molecule has 0 unspecified atom stereocenters. The Bertz CT molecular complexity index is 973. The van der Waals surface area contributed by atoms with Crippen LogP contribution >= 0.6 is 11.6 Å². The van der Waals surface area contributed by atoms with Gasteiger partial charge in [0.1, 0.15) is 6.10 Å². The van der Waals surface area contributed by atoms with E-state index in [4.69, 9.17) is 11.6 Å². The van der Waals surface area contributed by atoms with Gasteiger partial charge in [-0.2, -0.15) is 15.3 Å². The highest BCUT2D eigenvalue weighted by Gasteiger charge is 2.28. The molecule has 4 heterocycles. The van der Waals surface area contributed by atoms with Crippen LogP contribution in [0.5, 0.6) is 0 Å². The molecule has 9 nitrogen and oxygen atoms in total. The summed E-state index contributed by atoms with van der Waals surface area (Å²) >= 11 is 6.14. The van der Waals surface area contributed by atoms with Crippen molar-refractivity contribution in [2.75, 3.05) is 6.54 Å². The minimum atomic E-state index is -0.867. The molecule has 4 rings (SSSR count). The van der Waals surface area contributed by atoms with E-state index >= 15 is 0 Å². The summed E-state index contributed by atoms with van der Waals surface area (Å²) in [5.41, 5.74) is 2.94. The Morgan fingerprint density at radius 1 is 1.42 bits per heavy atom. The summed E-state index contributed by atoms with van der Waals surface area (Å²) in [4.78, 5) is 14.4. The summed E-state index contributed by atoms with van der Waals surface area (Å²) in [7, 11) is 1.77. The van der Waals surface area contributed by atoms with Gasteiger partial charge in [0.05, 0.1) is 40.9 Å². The SMILES string of the molecule is Cc1[nH]nc(C(=O)N2CCn3nc([C@@H](O)c4ccnn4C)cc3C2)c1Cl. The predicted molar refractivity (Wildman–Crippen MR) is 92.6 cm³/mol. The molecule has 1 amide bonds. The third-order valence-corrected chi connectivity index (χ3v) is 5.06. The Hall–Kier alpha value is -2.65. The number of aliphatic hydroxyl groups is 1. The standard InChI is InChI=1S/C16H18ClN7O2/c1-9-13(17)14(20-19-9)16(26)23-5-6-24-10(8-23)7-11(21-24)15(25)12-3-4-18-22(12)2/h3-4,7,15,25H,5-6,8H2,1-2H3,(H,19,20)/t15-/m1/s1. The largest absolute Gasteiger partial charge is 0.380 e. The molecule has 3 aromatic rings. The van der Waals surface area contributed by atoms with E-state index in [2.05, 4.69) is 20.4 Å². The van der Waals surface area contributed by atoms with Gasteiger partial charge in [0.25, 0.3) is 5.91 Å². The van der Waals surface area contributed by atoms with E-state index in [1.807, 2.05) is 10.7 Å². The molecule has 0 radical (unpaired) electrons. The number of rotatable bonds is 3. The second-order valence-electron chi connectivity index (χ2n) is 6.30. The number of carbonyl (C=O) groups is 1. The summed E-state index contributed by atoms with van der Waals surface area (Å²) in [6.45, 7) is 3.19. The smallest absolute Gasteiger partial charge is 0.276 e. The summed E-state index contributed by atoms with van der Waals surface area (Å²) in [6.07, 6.45) is 0.762. The number of halogens is 1. The first-order valence-electron chi connectivity index (χ1n) is 8.18. The van der Waals surface area contributed by atoms with E-state index in [0.717, 1.165) is 5.69 Å². The van der Waals surface area contributed by atoms with Crippen LogP contribution in [0.3, 0.4) is 0 Å². The fourth-order valence-corrected chi connectivity index (χ4v) is 3.27. The highest BCUT2D eigenvalue weighted by molar-refractivity contribution is 6.34. The van der Waals surface area contributed by atoms with Crippen LogP contribution in [-0.2, 0) is 20.1 Å². The molecule has 0 spiro atoms. The number of nitrogens with one attached hydrogen (secondary N) is 1. The first kappa shape index (κ1) is 16.8. The van der Waals surface area contributed by atoms with E-state index < -0.39 is 6.10 Å². The van der Waals surface area contributed by atoms with Crippen molar-refractivity contribution < 1.29 is 9.90 Å². The number of aliphatic hydroxyl groups excluding tert-OH is 1. The fourth-order valence-electron chi connectivity index (χ4n) is 3.11. The van der Waals surface area contributed by atoms with Crippen LogP contribution in [0.15, 0.2) is 18.3 Å². The molecule has 1 aliphatic rings. The predicted octanol–water partition coefficient (Wildman–Crippen LogP) is 1.04. The van der Waals surface area contributed by atoms with Crippen LogP contribution in [0.2, 0.25) is 5.02 Å². The maximum Gasteiger partial charge on any atom is 0.276 e. The third kappa shape index (κ3) is 2.69. The van der Waals surface area contributed by atoms with Gasteiger partial charge in [-0.15, -0.1) is 0 Å². The maximum absolute atomic E-state index is 12.7. The zero-order valence-corrected chi connectivity index (χ0v) is 15.1. The average molecular weight is 376 g/mol. The molecular weight excluding hydrogens is 358 g/mol. The molecule has 1 aliphatic heterocycles. The number of fused-ring (bicyclic) bond motifs is 1. The first-order valence-corrected chi connectivity index (χ1v) is 8.56. The van der Waals surface area contributed by atoms with Gasteiger partial charge in [0.15, 0.2) is 5.69 Å². The third-order valence-electron chi connectivity index (χ3n) is 4.60. The Morgan fingerprint density at radius 2 is 2.23 bits per heavy atom. The van der Waals surface area contributed by atoms with E-state index in [1.54, 1.807) is 35.8 Å². The van der Waals surface area contributed by atoms with Crippen molar-refractivity contribution in [3.05, 3.63) is 51.8 Å². The van der Waals surface area contributed by atoms with Gasteiger partial charge >= 0.3 is 0 Å². The van der Waals surface area contributed by atoms with E-state index in [9.17, 15) is 9.90 Å². The topological polar surface area (TPSA) is 105 Å². The van der Waals surface area contributed by atoms with Crippen molar-refractivity contribution >= 4 is 17.5 Å². The van der Waals surface area contributed by atoms with Crippen molar-refractivity contribution in [1.82, 2.24) is 34.7 Å². The Labute approximate surface area is 154 Å². The van der Waals surface area contributed by atoms with Crippen molar-refractivity contribution in [2.45, 2.75) is 26.1 Å². The average Bonchev–Trinajstić information content (AvgIpc) is 3.33. The van der Waals surface area contributed by atoms with E-state index in [1.165, 1.54) is 0 Å². The molecular formula is C16H18ClN7O2. The first-order chi connectivity index (χ1) is 12.5. The van der Waals surface area contributed by atoms with Gasteiger partial charge in [-0.1, -0.05) is 11.6 Å². The number of hydrogen-bond acceptors (Lipinski definition) is 5. The maximum atomic E-state index is 12.7. The van der Waals surface area contributed by atoms with E-state index in [-0.39, 0.29) is 11.6 Å². The molecule has 1 atom stereocenters. The Morgan fingerprint density at radius 3 is 2.88 bits per heavy atom. The summed E-state index contributed by atoms with van der Waals surface area (Å²) in [5, 5.41) is 26.2. The molecule has 0 saturated carbocycles. The second-order valence-corrected chi connectivity index (χ2v) is 6.68. The van der Waals surface area contributed by atoms with Crippen LogP contribution in [0, 0.1) is 6.92 Å². The second kappa shape index (κ2) is 6.26. The lowest BCUT2D eigenvalue weighted by Gasteiger charge is -2.27. The highest BCUT2D eigenvalue weighted by atomic mass is 35.5. The number of hydrogen-bond donors (Lipinski definition) is 2. The monoisotopic (exact) mass is 375 g/mol. The van der Waals surface area contributed by atoms with Gasteiger partial charge < -0.3 is 10.0 Å². The van der Waals surface area contributed by atoms with Gasteiger partial charge in [-0.3, -0.25) is 19.3 Å². The normalized spacial score (nSPS) is 15.2. The number of aryl methyl sites for hydroxylation is 2. The number of aromatic nitrogens is 6. The minimum absolute atomic E-state index is 0.222. The minimum Gasteiger partial charge on any atom is -0.380 e. The van der Waals surface area contributed by atoms with Crippen LogP contribution < -0.4 is 0 Å². The summed E-state index contributed by atoms with van der Waals surface area (Å²) in [6, 6.07) is 3.56. The number of nitrogens with zero attached hydrogens (tertiary/aromatic N) is 6. The number of carbonyl (C=O) groups excluding carboxylic acids is 1. The quantitative estimate of drug-likeness (QED) is 0.711. The molecule has 0 bridgehead atoms. The number of H-pyrrole nitrogens is 1. The highest BCUT2D eigenvalue weighted by Crippen LogP contribution is 2.25. The lowest BCUT2D eigenvalue weighted by Crippen LogP contribution is -2.38. The zero-order chi connectivity index (χ0) is 18.4. The molecule has 26 heavy (non-hydrogen) atoms. The Kier molecular flexibility index (Phi) is 4.04. The molecule has 3 aromatic heterocycles. The van der Waals surface area contributed by atoms with Crippen LogP contribution in [0.4, 0.5) is 0 Å².